The van der Waals surface area contributed by atoms with Gasteiger partial charge in [-0.05, 0) is 45.3 Å². The lowest BCUT2D eigenvalue weighted by atomic mass is 9.96. The second-order valence-corrected chi connectivity index (χ2v) is 6.91. The van der Waals surface area contributed by atoms with E-state index >= 15 is 0 Å². The molecule has 2 N–H and O–H groups in total. The second-order valence-electron chi connectivity index (χ2n) is 5.85. The fourth-order valence-corrected chi connectivity index (χ4v) is 3.58. The molecule has 1 aliphatic rings. The van der Waals surface area contributed by atoms with Crippen LogP contribution < -0.4 is 5.32 Å². The molecular weight excluding hydrogens is 296 g/mol. The Morgan fingerprint density at radius 1 is 1.50 bits per heavy atom. The van der Waals surface area contributed by atoms with Crippen LogP contribution in [0.2, 0.25) is 0 Å². The summed E-state index contributed by atoms with van der Waals surface area (Å²) in [6.07, 6.45) is 4.02. The van der Waals surface area contributed by atoms with Crippen LogP contribution in [0.25, 0.3) is 11.3 Å². The Bertz CT molecular complexity index is 640. The summed E-state index contributed by atoms with van der Waals surface area (Å²) in [5.41, 5.74) is 2.58. The van der Waals surface area contributed by atoms with Crippen LogP contribution in [-0.2, 0) is 0 Å². The first-order valence-corrected chi connectivity index (χ1v) is 8.60. The largest absolute Gasteiger partial charge is 0.357 e. The molecule has 0 aliphatic carbocycles. The van der Waals surface area contributed by atoms with Crippen LogP contribution in [0.1, 0.15) is 28.3 Å². The maximum atomic E-state index is 12.6. The van der Waals surface area contributed by atoms with Gasteiger partial charge in [-0.1, -0.05) is 0 Å². The normalized spacial score (nSPS) is 16.2. The maximum Gasteiger partial charge on any atom is 0.270 e. The molecule has 3 heterocycles. The lowest BCUT2D eigenvalue weighted by Gasteiger charge is -2.31. The summed E-state index contributed by atoms with van der Waals surface area (Å²) in [7, 11) is 1.98. The highest BCUT2D eigenvalue weighted by Gasteiger charge is 2.24. The number of thiazole rings is 1. The van der Waals surface area contributed by atoms with Crippen LogP contribution in [0.5, 0.6) is 0 Å². The number of aryl methyl sites for hydroxylation is 1. The Kier molecular flexibility index (Phi) is 4.59. The first kappa shape index (κ1) is 15.2. The molecule has 1 aliphatic heterocycles. The van der Waals surface area contributed by atoms with Crippen molar-refractivity contribution in [1.29, 1.82) is 0 Å². The van der Waals surface area contributed by atoms with Crippen molar-refractivity contribution in [2.75, 3.05) is 26.7 Å². The van der Waals surface area contributed by atoms with E-state index in [4.69, 9.17) is 0 Å². The molecule has 0 atom stereocenters. The summed E-state index contributed by atoms with van der Waals surface area (Å²) in [5.74, 6) is 0.785. The fraction of sp³-hybridized carbons (Fsp3) is 0.500. The quantitative estimate of drug-likeness (QED) is 0.910. The Morgan fingerprint density at radius 2 is 2.27 bits per heavy atom. The van der Waals surface area contributed by atoms with E-state index in [0.717, 1.165) is 48.7 Å². The van der Waals surface area contributed by atoms with Gasteiger partial charge >= 0.3 is 0 Å². The number of aromatic amines is 1. The molecule has 5 nitrogen and oxygen atoms in total. The molecule has 0 unspecified atom stereocenters. The molecule has 118 valence electrons. The van der Waals surface area contributed by atoms with Gasteiger partial charge in [0.15, 0.2) is 0 Å². The number of nitrogens with one attached hydrogen (secondary N) is 2. The highest BCUT2D eigenvalue weighted by Crippen LogP contribution is 2.24. The van der Waals surface area contributed by atoms with Crippen molar-refractivity contribution in [3.05, 3.63) is 28.3 Å². The lowest BCUT2D eigenvalue weighted by molar-refractivity contribution is 0.0685. The number of carbonyl (C=O) groups excluding carboxylic acids is 1. The molecule has 0 aromatic carbocycles. The molecule has 0 spiro atoms. The molecule has 0 bridgehead atoms. The first-order chi connectivity index (χ1) is 10.7. The van der Waals surface area contributed by atoms with E-state index in [0.29, 0.717) is 11.6 Å². The number of amides is 1. The standard InChI is InChI=1S/C16H22N4OS/c1-11-19-15(10-22-11)13-7-14(18-9-13)16(21)20-5-3-12(4-6-20)8-17-2/h7,9-10,12,17-18H,3-6,8H2,1-2H3. The Morgan fingerprint density at radius 3 is 2.91 bits per heavy atom. The third-order valence-electron chi connectivity index (χ3n) is 4.22. The van der Waals surface area contributed by atoms with Gasteiger partial charge in [-0.3, -0.25) is 4.79 Å². The molecule has 1 amide bonds. The smallest absolute Gasteiger partial charge is 0.270 e. The zero-order chi connectivity index (χ0) is 15.5. The van der Waals surface area contributed by atoms with Gasteiger partial charge in [-0.15, -0.1) is 11.3 Å². The minimum atomic E-state index is 0.0982. The third kappa shape index (κ3) is 3.23. The van der Waals surface area contributed by atoms with E-state index in [1.54, 1.807) is 11.3 Å². The molecule has 0 radical (unpaired) electrons. The van der Waals surface area contributed by atoms with Gasteiger partial charge in [0.2, 0.25) is 0 Å². The molecule has 6 heteroatoms. The molecule has 2 aromatic heterocycles. The predicted molar refractivity (Wildman–Crippen MR) is 89.2 cm³/mol. The summed E-state index contributed by atoms with van der Waals surface area (Å²) < 4.78 is 0. The SMILES string of the molecule is CNCC1CCN(C(=O)c2cc(-c3csc(C)n3)c[nH]2)CC1. The third-order valence-corrected chi connectivity index (χ3v) is 5.00. The Labute approximate surface area is 134 Å². The topological polar surface area (TPSA) is 61.0 Å². The zero-order valence-electron chi connectivity index (χ0n) is 13.1. The number of H-pyrrole nitrogens is 1. The van der Waals surface area contributed by atoms with Gasteiger partial charge in [0.25, 0.3) is 5.91 Å². The number of carbonyl (C=O) groups is 1. The van der Waals surface area contributed by atoms with Crippen LogP contribution in [0, 0.1) is 12.8 Å². The van der Waals surface area contributed by atoms with Crippen LogP contribution in [0.3, 0.4) is 0 Å². The van der Waals surface area contributed by atoms with E-state index in [2.05, 4.69) is 15.3 Å². The van der Waals surface area contributed by atoms with Crippen LogP contribution >= 0.6 is 11.3 Å². The predicted octanol–water partition coefficient (Wildman–Crippen LogP) is 2.52. The Hall–Kier alpha value is -1.66. The molecular formula is C16H22N4OS. The van der Waals surface area contributed by atoms with Crippen LogP contribution in [0.15, 0.2) is 17.6 Å². The minimum absolute atomic E-state index is 0.0982. The summed E-state index contributed by atoms with van der Waals surface area (Å²) >= 11 is 1.62. The highest BCUT2D eigenvalue weighted by atomic mass is 32.1. The van der Waals surface area contributed by atoms with Crippen molar-refractivity contribution in [3.63, 3.8) is 0 Å². The number of rotatable bonds is 4. The summed E-state index contributed by atoms with van der Waals surface area (Å²) in [6, 6.07) is 1.91. The number of hydrogen-bond donors (Lipinski definition) is 2. The van der Waals surface area contributed by atoms with Gasteiger partial charge in [0.1, 0.15) is 5.69 Å². The van der Waals surface area contributed by atoms with Gasteiger partial charge in [0, 0.05) is 30.2 Å². The molecule has 1 fully saturated rings. The number of aromatic nitrogens is 2. The minimum Gasteiger partial charge on any atom is -0.357 e. The zero-order valence-corrected chi connectivity index (χ0v) is 13.9. The monoisotopic (exact) mass is 318 g/mol. The van der Waals surface area contributed by atoms with Gasteiger partial charge < -0.3 is 15.2 Å². The van der Waals surface area contributed by atoms with Crippen molar-refractivity contribution >= 4 is 17.2 Å². The van der Waals surface area contributed by atoms with Crippen LogP contribution in [-0.4, -0.2) is 47.5 Å². The molecule has 3 rings (SSSR count). The van der Waals surface area contributed by atoms with Crippen LogP contribution in [0.4, 0.5) is 0 Å². The number of likely N-dealkylation sites (tertiary alicyclic amines) is 1. The van der Waals surface area contributed by atoms with E-state index in [1.807, 2.05) is 36.5 Å². The summed E-state index contributed by atoms with van der Waals surface area (Å²) in [4.78, 5) is 22.1. The Balaban J connectivity index is 1.65. The van der Waals surface area contributed by atoms with Gasteiger partial charge in [-0.2, -0.15) is 0 Å². The number of hydrogen-bond acceptors (Lipinski definition) is 4. The van der Waals surface area contributed by atoms with E-state index < -0.39 is 0 Å². The molecule has 2 aromatic rings. The van der Waals surface area contributed by atoms with E-state index in [9.17, 15) is 4.79 Å². The van der Waals surface area contributed by atoms with Crippen molar-refractivity contribution in [3.8, 4) is 11.3 Å². The molecule has 1 saturated heterocycles. The van der Waals surface area contributed by atoms with E-state index in [1.165, 1.54) is 0 Å². The average molecular weight is 318 g/mol. The molecule has 22 heavy (non-hydrogen) atoms. The van der Waals surface area contributed by atoms with Crippen molar-refractivity contribution in [1.82, 2.24) is 20.2 Å². The second kappa shape index (κ2) is 6.62. The van der Waals surface area contributed by atoms with Crippen molar-refractivity contribution in [2.45, 2.75) is 19.8 Å². The lowest BCUT2D eigenvalue weighted by Crippen LogP contribution is -2.40. The maximum absolute atomic E-state index is 12.6. The van der Waals surface area contributed by atoms with Crippen molar-refractivity contribution < 1.29 is 4.79 Å². The average Bonchev–Trinajstić information content (AvgIpc) is 3.16. The van der Waals surface area contributed by atoms with Gasteiger partial charge in [-0.25, -0.2) is 4.98 Å². The first-order valence-electron chi connectivity index (χ1n) is 7.72. The highest BCUT2D eigenvalue weighted by molar-refractivity contribution is 7.09. The summed E-state index contributed by atoms with van der Waals surface area (Å²) in [6.45, 7) is 4.71. The molecule has 0 saturated carbocycles. The fourth-order valence-electron chi connectivity index (χ4n) is 2.96. The van der Waals surface area contributed by atoms with E-state index in [-0.39, 0.29) is 5.91 Å². The summed E-state index contributed by atoms with van der Waals surface area (Å²) in [5, 5.41) is 6.28. The van der Waals surface area contributed by atoms with Crippen molar-refractivity contribution in [2.24, 2.45) is 5.92 Å². The number of nitrogens with zero attached hydrogens (tertiary/aromatic N) is 2. The number of piperidine rings is 1. The van der Waals surface area contributed by atoms with Gasteiger partial charge in [0.05, 0.1) is 10.7 Å².